The molecule has 0 aromatic carbocycles. The molecule has 138 valence electrons. The van der Waals surface area contributed by atoms with E-state index in [1.807, 2.05) is 13.0 Å². The molecule has 2 aliphatic rings. The molecule has 1 aromatic rings. The van der Waals surface area contributed by atoms with Gasteiger partial charge in [-0.15, -0.1) is 0 Å². The van der Waals surface area contributed by atoms with Gasteiger partial charge < -0.3 is 20.3 Å². The Balaban J connectivity index is 1.48. The van der Waals surface area contributed by atoms with E-state index in [2.05, 4.69) is 20.6 Å². The summed E-state index contributed by atoms with van der Waals surface area (Å²) in [6, 6.07) is 2.85. The summed E-state index contributed by atoms with van der Waals surface area (Å²) in [6.45, 7) is 3.69. The third-order valence-electron chi connectivity index (χ3n) is 5.00. The minimum Gasteiger partial charge on any atom is -0.450 e. The first-order valence-corrected chi connectivity index (χ1v) is 9.51. The molecule has 1 saturated heterocycles. The molecule has 0 radical (unpaired) electrons. The normalized spacial score (nSPS) is 19.5. The van der Waals surface area contributed by atoms with Gasteiger partial charge in [0, 0.05) is 31.2 Å². The van der Waals surface area contributed by atoms with E-state index < -0.39 is 0 Å². The lowest BCUT2D eigenvalue weighted by Gasteiger charge is -2.31. The van der Waals surface area contributed by atoms with Gasteiger partial charge in [0.05, 0.1) is 6.61 Å². The smallest absolute Gasteiger partial charge is 0.409 e. The van der Waals surface area contributed by atoms with Crippen molar-refractivity contribution in [2.75, 3.05) is 30.3 Å². The molecular formula is C18H29N5O2. The summed E-state index contributed by atoms with van der Waals surface area (Å²) < 4.78 is 5.06. The number of aromatic nitrogens is 2. The number of carbonyl (C=O) groups is 1. The molecule has 0 bridgehead atoms. The van der Waals surface area contributed by atoms with Gasteiger partial charge in [0.2, 0.25) is 0 Å². The molecule has 25 heavy (non-hydrogen) atoms. The monoisotopic (exact) mass is 347 g/mol. The van der Waals surface area contributed by atoms with Crippen LogP contribution < -0.4 is 10.6 Å². The van der Waals surface area contributed by atoms with Crippen LogP contribution in [-0.4, -0.2) is 52.7 Å². The summed E-state index contributed by atoms with van der Waals surface area (Å²) in [5.74, 6) is 1.75. The number of likely N-dealkylation sites (tertiary alicyclic amines) is 1. The highest BCUT2D eigenvalue weighted by Gasteiger charge is 2.23. The average molecular weight is 347 g/mol. The van der Waals surface area contributed by atoms with E-state index in [-0.39, 0.29) is 6.09 Å². The van der Waals surface area contributed by atoms with E-state index in [9.17, 15) is 4.79 Å². The molecule has 1 aromatic heterocycles. The Morgan fingerprint density at radius 2 is 1.68 bits per heavy atom. The van der Waals surface area contributed by atoms with E-state index in [4.69, 9.17) is 4.74 Å². The molecule has 0 atom stereocenters. The number of rotatable bonds is 5. The number of nitrogens with zero attached hydrogens (tertiary/aromatic N) is 3. The standard InChI is InChI=1S/C18H29N5O2/c1-2-25-18(24)23-10-8-15(9-11-23)22-17-12-16(19-13-20-17)21-14-6-4-3-5-7-14/h12-15H,2-11H2,1H3,(H2,19,20,21,22). The van der Waals surface area contributed by atoms with Crippen LogP contribution in [0.25, 0.3) is 0 Å². The Morgan fingerprint density at radius 3 is 2.28 bits per heavy atom. The lowest BCUT2D eigenvalue weighted by Crippen LogP contribution is -2.42. The fourth-order valence-electron chi connectivity index (χ4n) is 3.60. The van der Waals surface area contributed by atoms with Crippen molar-refractivity contribution in [3.63, 3.8) is 0 Å². The number of nitrogens with one attached hydrogen (secondary N) is 2. The van der Waals surface area contributed by atoms with Gasteiger partial charge in [-0.3, -0.25) is 0 Å². The lowest BCUT2D eigenvalue weighted by molar-refractivity contribution is 0.0983. The van der Waals surface area contributed by atoms with Crippen molar-refractivity contribution >= 4 is 17.7 Å². The van der Waals surface area contributed by atoms with Gasteiger partial charge in [0.15, 0.2) is 0 Å². The fourth-order valence-corrected chi connectivity index (χ4v) is 3.60. The molecule has 7 heteroatoms. The Hall–Kier alpha value is -2.05. The molecule has 1 aliphatic heterocycles. The second kappa shape index (κ2) is 8.87. The molecule has 1 aliphatic carbocycles. The third-order valence-corrected chi connectivity index (χ3v) is 5.00. The molecule has 0 unspecified atom stereocenters. The maximum Gasteiger partial charge on any atom is 0.409 e. The van der Waals surface area contributed by atoms with Crippen molar-refractivity contribution in [3.05, 3.63) is 12.4 Å². The van der Waals surface area contributed by atoms with Gasteiger partial charge >= 0.3 is 6.09 Å². The molecule has 1 amide bonds. The van der Waals surface area contributed by atoms with Crippen molar-refractivity contribution < 1.29 is 9.53 Å². The molecule has 7 nitrogen and oxygen atoms in total. The number of hydrogen-bond donors (Lipinski definition) is 2. The van der Waals surface area contributed by atoms with Crippen molar-refractivity contribution in [1.82, 2.24) is 14.9 Å². The van der Waals surface area contributed by atoms with Crippen LogP contribution in [0.4, 0.5) is 16.4 Å². The number of hydrogen-bond acceptors (Lipinski definition) is 6. The number of ether oxygens (including phenoxy) is 1. The highest BCUT2D eigenvalue weighted by molar-refractivity contribution is 5.67. The minimum atomic E-state index is -0.207. The molecular weight excluding hydrogens is 318 g/mol. The first-order valence-electron chi connectivity index (χ1n) is 9.51. The topological polar surface area (TPSA) is 79.4 Å². The van der Waals surface area contributed by atoms with Crippen molar-refractivity contribution in [2.24, 2.45) is 0 Å². The van der Waals surface area contributed by atoms with Crippen LogP contribution in [0, 0.1) is 0 Å². The van der Waals surface area contributed by atoms with Crippen LogP contribution in [0.1, 0.15) is 51.9 Å². The van der Waals surface area contributed by atoms with Gasteiger partial charge in [-0.25, -0.2) is 14.8 Å². The van der Waals surface area contributed by atoms with Gasteiger partial charge in [0.1, 0.15) is 18.0 Å². The summed E-state index contributed by atoms with van der Waals surface area (Å²) in [4.78, 5) is 22.2. The van der Waals surface area contributed by atoms with E-state index in [1.54, 1.807) is 11.2 Å². The van der Waals surface area contributed by atoms with Crippen LogP contribution in [-0.2, 0) is 4.74 Å². The van der Waals surface area contributed by atoms with Gasteiger partial charge in [-0.1, -0.05) is 19.3 Å². The predicted molar refractivity (Wildman–Crippen MR) is 97.8 cm³/mol. The summed E-state index contributed by atoms with van der Waals surface area (Å²) >= 11 is 0. The summed E-state index contributed by atoms with van der Waals surface area (Å²) in [6.07, 6.45) is 9.59. The Labute approximate surface area is 149 Å². The van der Waals surface area contributed by atoms with Crippen LogP contribution in [0.2, 0.25) is 0 Å². The summed E-state index contributed by atoms with van der Waals surface area (Å²) in [7, 11) is 0. The van der Waals surface area contributed by atoms with Crippen LogP contribution in [0.15, 0.2) is 12.4 Å². The fraction of sp³-hybridized carbons (Fsp3) is 0.722. The second-order valence-corrected chi connectivity index (χ2v) is 6.87. The van der Waals surface area contributed by atoms with Gasteiger partial charge in [-0.2, -0.15) is 0 Å². The maximum atomic E-state index is 11.8. The molecule has 1 saturated carbocycles. The SMILES string of the molecule is CCOC(=O)N1CCC(Nc2cc(NC3CCCCC3)ncn2)CC1. The number of piperidine rings is 1. The molecule has 0 spiro atoms. The van der Waals surface area contributed by atoms with Crippen LogP contribution >= 0.6 is 0 Å². The zero-order valence-electron chi connectivity index (χ0n) is 15.0. The Bertz CT molecular complexity index is 554. The van der Waals surface area contributed by atoms with Crippen molar-refractivity contribution in [1.29, 1.82) is 0 Å². The molecule has 2 N–H and O–H groups in total. The van der Waals surface area contributed by atoms with E-state index >= 15 is 0 Å². The first-order chi connectivity index (χ1) is 12.2. The van der Waals surface area contributed by atoms with Crippen molar-refractivity contribution in [3.8, 4) is 0 Å². The van der Waals surface area contributed by atoms with Gasteiger partial charge in [0.25, 0.3) is 0 Å². The summed E-state index contributed by atoms with van der Waals surface area (Å²) in [5.41, 5.74) is 0. The predicted octanol–water partition coefficient (Wildman–Crippen LogP) is 3.25. The third kappa shape index (κ3) is 5.21. The van der Waals surface area contributed by atoms with Crippen LogP contribution in [0.5, 0.6) is 0 Å². The largest absolute Gasteiger partial charge is 0.450 e. The molecule has 3 rings (SSSR count). The summed E-state index contributed by atoms with van der Waals surface area (Å²) in [5, 5.41) is 7.01. The highest BCUT2D eigenvalue weighted by Crippen LogP contribution is 2.22. The molecule has 2 fully saturated rings. The minimum absolute atomic E-state index is 0.207. The first kappa shape index (κ1) is 17.8. The Kier molecular flexibility index (Phi) is 6.30. The number of amides is 1. The average Bonchev–Trinajstić information content (AvgIpc) is 2.64. The number of anilines is 2. The van der Waals surface area contributed by atoms with Crippen LogP contribution in [0.3, 0.4) is 0 Å². The zero-order valence-corrected chi connectivity index (χ0v) is 15.0. The zero-order chi connectivity index (χ0) is 17.5. The van der Waals surface area contributed by atoms with E-state index in [0.717, 1.165) is 37.6 Å². The van der Waals surface area contributed by atoms with Gasteiger partial charge in [-0.05, 0) is 32.6 Å². The Morgan fingerprint density at radius 1 is 1.08 bits per heavy atom. The lowest BCUT2D eigenvalue weighted by atomic mass is 9.95. The van der Waals surface area contributed by atoms with Crippen molar-refractivity contribution in [2.45, 2.75) is 64.0 Å². The maximum absolute atomic E-state index is 11.8. The quantitative estimate of drug-likeness (QED) is 0.851. The number of carbonyl (C=O) groups excluding carboxylic acids is 1. The second-order valence-electron chi connectivity index (χ2n) is 6.87. The highest BCUT2D eigenvalue weighted by atomic mass is 16.6. The van der Waals surface area contributed by atoms with E-state index in [0.29, 0.717) is 18.7 Å². The van der Waals surface area contributed by atoms with E-state index in [1.165, 1.54) is 32.1 Å². The molecule has 2 heterocycles.